The minimum Gasteiger partial charge on any atom is -0.355 e. The summed E-state index contributed by atoms with van der Waals surface area (Å²) in [6, 6.07) is 2.28. The number of hydrogen-bond acceptors (Lipinski definition) is 3. The first-order valence-corrected chi connectivity index (χ1v) is 5.51. The van der Waals surface area contributed by atoms with Gasteiger partial charge in [-0.1, -0.05) is 0 Å². The highest BCUT2D eigenvalue weighted by molar-refractivity contribution is 5.48. The molecule has 1 atom stereocenters. The summed E-state index contributed by atoms with van der Waals surface area (Å²) in [6.07, 6.45) is -1.34. The number of halogens is 3. The Morgan fingerprint density at radius 1 is 1.41 bits per heavy atom. The van der Waals surface area contributed by atoms with Crippen LogP contribution in [0.25, 0.3) is 0 Å². The molecule has 1 aliphatic rings. The Morgan fingerprint density at radius 2 is 2.18 bits per heavy atom. The van der Waals surface area contributed by atoms with Gasteiger partial charge in [0, 0.05) is 25.3 Å². The molecule has 2 heterocycles. The molecule has 1 aromatic heterocycles. The standard InChI is InChI=1S/C11H14F3N3/c12-11(13,14)9-4-1-5-16-10(9)17-6-2-3-8(15)7-17/h1,4-5,8H,2-3,6-7,15H2. The van der Waals surface area contributed by atoms with Crippen molar-refractivity contribution in [2.75, 3.05) is 18.0 Å². The van der Waals surface area contributed by atoms with Crippen molar-refractivity contribution in [1.29, 1.82) is 0 Å². The van der Waals surface area contributed by atoms with Crippen molar-refractivity contribution < 1.29 is 13.2 Å². The van der Waals surface area contributed by atoms with E-state index in [9.17, 15) is 13.2 Å². The van der Waals surface area contributed by atoms with E-state index in [1.807, 2.05) is 0 Å². The van der Waals surface area contributed by atoms with Crippen LogP contribution in [0, 0.1) is 0 Å². The van der Waals surface area contributed by atoms with E-state index in [0.29, 0.717) is 13.1 Å². The number of alkyl halides is 3. The van der Waals surface area contributed by atoms with Gasteiger partial charge in [-0.05, 0) is 25.0 Å². The first-order chi connectivity index (χ1) is 7.98. The van der Waals surface area contributed by atoms with Crippen molar-refractivity contribution in [2.45, 2.75) is 25.1 Å². The number of anilines is 1. The molecule has 1 fully saturated rings. The Labute approximate surface area is 97.4 Å². The van der Waals surface area contributed by atoms with Crippen LogP contribution >= 0.6 is 0 Å². The van der Waals surface area contributed by atoms with Crippen molar-refractivity contribution in [3.8, 4) is 0 Å². The molecule has 2 N–H and O–H groups in total. The molecule has 0 radical (unpaired) electrons. The topological polar surface area (TPSA) is 42.1 Å². The Bertz CT molecular complexity index is 392. The summed E-state index contributed by atoms with van der Waals surface area (Å²) in [6.45, 7) is 1.01. The molecule has 94 valence electrons. The van der Waals surface area contributed by atoms with Gasteiger partial charge in [0.2, 0.25) is 0 Å². The van der Waals surface area contributed by atoms with Gasteiger partial charge in [0.25, 0.3) is 0 Å². The minimum absolute atomic E-state index is 0.00449. The van der Waals surface area contributed by atoms with Crippen LogP contribution in [-0.4, -0.2) is 24.1 Å². The molecule has 0 aromatic carbocycles. The average Bonchev–Trinajstić information content (AvgIpc) is 2.28. The first-order valence-electron chi connectivity index (χ1n) is 5.51. The van der Waals surface area contributed by atoms with Crippen LogP contribution in [0.1, 0.15) is 18.4 Å². The minimum atomic E-state index is -4.37. The number of nitrogens with two attached hydrogens (primary N) is 1. The average molecular weight is 245 g/mol. The van der Waals surface area contributed by atoms with E-state index in [0.717, 1.165) is 18.9 Å². The van der Waals surface area contributed by atoms with Crippen LogP contribution in [0.5, 0.6) is 0 Å². The number of pyridine rings is 1. The molecule has 0 amide bonds. The van der Waals surface area contributed by atoms with E-state index in [1.54, 1.807) is 4.90 Å². The third-order valence-corrected chi connectivity index (χ3v) is 2.85. The van der Waals surface area contributed by atoms with Crippen LogP contribution < -0.4 is 10.6 Å². The van der Waals surface area contributed by atoms with Crippen LogP contribution in [0.15, 0.2) is 18.3 Å². The second-order valence-electron chi connectivity index (χ2n) is 4.22. The Morgan fingerprint density at radius 3 is 2.82 bits per heavy atom. The maximum atomic E-state index is 12.8. The van der Waals surface area contributed by atoms with Gasteiger partial charge in [0.15, 0.2) is 0 Å². The molecule has 0 spiro atoms. The summed E-state index contributed by atoms with van der Waals surface area (Å²) >= 11 is 0. The summed E-state index contributed by atoms with van der Waals surface area (Å²) in [4.78, 5) is 5.48. The van der Waals surface area contributed by atoms with Gasteiger partial charge >= 0.3 is 6.18 Å². The summed E-state index contributed by atoms with van der Waals surface area (Å²) in [7, 11) is 0. The van der Waals surface area contributed by atoms with Crippen molar-refractivity contribution in [1.82, 2.24) is 4.98 Å². The number of hydrogen-bond donors (Lipinski definition) is 1. The lowest BCUT2D eigenvalue weighted by Gasteiger charge is -2.33. The summed E-state index contributed by atoms with van der Waals surface area (Å²) in [5, 5.41) is 0. The molecule has 0 saturated carbocycles. The van der Waals surface area contributed by atoms with Crippen molar-refractivity contribution in [3.63, 3.8) is 0 Å². The maximum absolute atomic E-state index is 12.8. The zero-order chi connectivity index (χ0) is 12.5. The monoisotopic (exact) mass is 245 g/mol. The number of nitrogens with zero attached hydrogens (tertiary/aromatic N) is 2. The zero-order valence-corrected chi connectivity index (χ0v) is 9.24. The van der Waals surface area contributed by atoms with E-state index < -0.39 is 11.7 Å². The molecule has 2 rings (SSSR count). The Balaban J connectivity index is 2.31. The Kier molecular flexibility index (Phi) is 3.24. The third kappa shape index (κ3) is 2.69. The highest BCUT2D eigenvalue weighted by atomic mass is 19.4. The quantitative estimate of drug-likeness (QED) is 0.823. The number of aromatic nitrogens is 1. The van der Waals surface area contributed by atoms with Gasteiger partial charge in [0.05, 0.1) is 5.56 Å². The lowest BCUT2D eigenvalue weighted by molar-refractivity contribution is -0.137. The molecule has 3 nitrogen and oxygen atoms in total. The molecule has 1 aliphatic heterocycles. The smallest absolute Gasteiger partial charge is 0.355 e. The van der Waals surface area contributed by atoms with Gasteiger partial charge in [0.1, 0.15) is 5.82 Å². The fourth-order valence-electron chi connectivity index (χ4n) is 2.07. The van der Waals surface area contributed by atoms with E-state index in [-0.39, 0.29) is 11.9 Å². The molecular formula is C11H14F3N3. The van der Waals surface area contributed by atoms with Crippen LogP contribution in [0.3, 0.4) is 0 Å². The number of rotatable bonds is 1. The van der Waals surface area contributed by atoms with Gasteiger partial charge in [-0.2, -0.15) is 13.2 Å². The molecule has 1 unspecified atom stereocenters. The van der Waals surface area contributed by atoms with Crippen molar-refractivity contribution in [3.05, 3.63) is 23.9 Å². The van der Waals surface area contributed by atoms with Crippen molar-refractivity contribution >= 4 is 5.82 Å². The summed E-state index contributed by atoms with van der Waals surface area (Å²) in [5.74, 6) is -0.00449. The molecule has 1 aromatic rings. The predicted molar refractivity (Wildman–Crippen MR) is 58.7 cm³/mol. The largest absolute Gasteiger partial charge is 0.419 e. The fourth-order valence-corrected chi connectivity index (χ4v) is 2.07. The van der Waals surface area contributed by atoms with Gasteiger partial charge < -0.3 is 10.6 Å². The lowest BCUT2D eigenvalue weighted by atomic mass is 10.1. The normalized spacial score (nSPS) is 21.6. The first kappa shape index (κ1) is 12.2. The lowest BCUT2D eigenvalue weighted by Crippen LogP contribution is -2.43. The maximum Gasteiger partial charge on any atom is 0.419 e. The fraction of sp³-hybridized carbons (Fsp3) is 0.545. The zero-order valence-electron chi connectivity index (χ0n) is 9.24. The van der Waals surface area contributed by atoms with Crippen LogP contribution in [0.2, 0.25) is 0 Å². The molecule has 0 bridgehead atoms. The van der Waals surface area contributed by atoms with E-state index in [2.05, 4.69) is 4.98 Å². The Hall–Kier alpha value is -1.30. The summed E-state index contributed by atoms with van der Waals surface area (Å²) < 4.78 is 38.4. The molecular weight excluding hydrogens is 231 g/mol. The van der Waals surface area contributed by atoms with Gasteiger partial charge in [-0.3, -0.25) is 0 Å². The highest BCUT2D eigenvalue weighted by Gasteiger charge is 2.36. The van der Waals surface area contributed by atoms with Gasteiger partial charge in [-0.15, -0.1) is 0 Å². The predicted octanol–water partition coefficient (Wildman–Crippen LogP) is 2.03. The van der Waals surface area contributed by atoms with E-state index >= 15 is 0 Å². The van der Waals surface area contributed by atoms with Crippen molar-refractivity contribution in [2.24, 2.45) is 5.73 Å². The third-order valence-electron chi connectivity index (χ3n) is 2.85. The molecule has 0 aliphatic carbocycles. The molecule has 6 heteroatoms. The SMILES string of the molecule is NC1CCCN(c2ncccc2C(F)(F)F)C1. The van der Waals surface area contributed by atoms with Crippen LogP contribution in [0.4, 0.5) is 19.0 Å². The number of piperidine rings is 1. The van der Waals surface area contributed by atoms with Gasteiger partial charge in [-0.25, -0.2) is 4.98 Å². The van der Waals surface area contributed by atoms with E-state index in [4.69, 9.17) is 5.73 Å². The summed E-state index contributed by atoms with van der Waals surface area (Å²) in [5.41, 5.74) is 5.08. The second-order valence-corrected chi connectivity index (χ2v) is 4.22. The molecule has 1 saturated heterocycles. The second kappa shape index (κ2) is 4.52. The van der Waals surface area contributed by atoms with Crippen LogP contribution in [-0.2, 0) is 6.18 Å². The van der Waals surface area contributed by atoms with E-state index in [1.165, 1.54) is 12.3 Å². The highest BCUT2D eigenvalue weighted by Crippen LogP contribution is 2.35. The molecule has 17 heavy (non-hydrogen) atoms.